The lowest BCUT2D eigenvalue weighted by Crippen LogP contribution is -2.14. The van der Waals surface area contributed by atoms with Crippen molar-refractivity contribution in [2.24, 2.45) is 0 Å². The van der Waals surface area contributed by atoms with Gasteiger partial charge in [-0.15, -0.1) is 10.2 Å². The second kappa shape index (κ2) is 6.89. The van der Waals surface area contributed by atoms with Crippen molar-refractivity contribution in [2.75, 3.05) is 13.1 Å². The molecule has 0 radical (unpaired) electrons. The van der Waals surface area contributed by atoms with Gasteiger partial charge in [-0.25, -0.2) is 0 Å². The number of rotatable bonds is 6. The molecular weight excluding hydrogens is 285 g/mol. The molecule has 0 aliphatic heterocycles. The summed E-state index contributed by atoms with van der Waals surface area (Å²) in [6.07, 6.45) is 1.72. The minimum atomic E-state index is 0.431. The monoisotopic (exact) mass is 299 g/mol. The van der Waals surface area contributed by atoms with Crippen molar-refractivity contribution in [3.63, 3.8) is 0 Å². The third kappa shape index (κ3) is 3.93. The largest absolute Gasteiger partial charge is 0.421 e. The molecule has 1 aromatic carbocycles. The van der Waals surface area contributed by atoms with Crippen molar-refractivity contribution in [1.82, 2.24) is 15.5 Å². The first kappa shape index (κ1) is 14.3. The summed E-state index contributed by atoms with van der Waals surface area (Å²) in [7, 11) is 0. The number of aryl methyl sites for hydroxylation is 1. The summed E-state index contributed by atoms with van der Waals surface area (Å²) in [6, 6.07) is 5.19. The van der Waals surface area contributed by atoms with Gasteiger partial charge in [-0.3, -0.25) is 0 Å². The molecule has 0 aliphatic rings. The number of aromatic nitrogens is 2. The van der Waals surface area contributed by atoms with E-state index >= 15 is 0 Å². The SMILES string of the molecule is CCNCCCc1nnc(-c2ccc(Cl)cc2Cl)o1. The second-order valence-electron chi connectivity index (χ2n) is 4.08. The molecule has 1 N–H and O–H groups in total. The van der Waals surface area contributed by atoms with E-state index in [9.17, 15) is 0 Å². The molecule has 4 nitrogen and oxygen atoms in total. The molecule has 0 atom stereocenters. The Morgan fingerprint density at radius 3 is 2.84 bits per heavy atom. The molecule has 0 saturated heterocycles. The van der Waals surface area contributed by atoms with Crippen molar-refractivity contribution < 1.29 is 4.42 Å². The van der Waals surface area contributed by atoms with Gasteiger partial charge in [-0.2, -0.15) is 0 Å². The van der Waals surface area contributed by atoms with Gasteiger partial charge in [-0.1, -0.05) is 30.1 Å². The first-order valence-corrected chi connectivity index (χ1v) is 6.95. The molecule has 2 aromatic rings. The molecule has 6 heteroatoms. The van der Waals surface area contributed by atoms with E-state index in [-0.39, 0.29) is 0 Å². The molecule has 0 amide bonds. The first-order valence-electron chi connectivity index (χ1n) is 6.19. The minimum Gasteiger partial charge on any atom is -0.421 e. The van der Waals surface area contributed by atoms with Crippen LogP contribution >= 0.6 is 23.2 Å². The lowest BCUT2D eigenvalue weighted by molar-refractivity contribution is 0.492. The van der Waals surface area contributed by atoms with Crippen molar-refractivity contribution in [3.8, 4) is 11.5 Å². The number of benzene rings is 1. The number of hydrogen-bond donors (Lipinski definition) is 1. The Balaban J connectivity index is 2.04. The van der Waals surface area contributed by atoms with Crippen molar-refractivity contribution in [1.29, 1.82) is 0 Å². The zero-order valence-corrected chi connectivity index (χ0v) is 12.1. The summed E-state index contributed by atoms with van der Waals surface area (Å²) in [6.45, 7) is 3.98. The normalized spacial score (nSPS) is 10.9. The summed E-state index contributed by atoms with van der Waals surface area (Å²) in [5, 5.41) is 12.4. The van der Waals surface area contributed by atoms with Crippen LogP contribution in [0.25, 0.3) is 11.5 Å². The fraction of sp³-hybridized carbons (Fsp3) is 0.385. The lowest BCUT2D eigenvalue weighted by Gasteiger charge is -1.99. The standard InChI is InChI=1S/C13H15Cl2N3O/c1-2-16-7-3-4-12-17-18-13(19-12)10-6-5-9(14)8-11(10)15/h5-6,8,16H,2-4,7H2,1H3. The van der Waals surface area contributed by atoms with Gasteiger partial charge in [0, 0.05) is 11.4 Å². The maximum atomic E-state index is 6.10. The van der Waals surface area contributed by atoms with Crippen molar-refractivity contribution in [3.05, 3.63) is 34.1 Å². The molecule has 1 aromatic heterocycles. The van der Waals surface area contributed by atoms with Gasteiger partial charge in [0.2, 0.25) is 11.8 Å². The van der Waals surface area contributed by atoms with E-state index in [0.29, 0.717) is 27.4 Å². The third-order valence-electron chi connectivity index (χ3n) is 2.62. The Morgan fingerprint density at radius 1 is 1.26 bits per heavy atom. The van der Waals surface area contributed by atoms with Gasteiger partial charge in [0.15, 0.2) is 0 Å². The van der Waals surface area contributed by atoms with Crippen LogP contribution < -0.4 is 5.32 Å². The average molecular weight is 300 g/mol. The molecule has 0 aliphatic carbocycles. The van der Waals surface area contributed by atoms with Crippen LogP contribution in [0.4, 0.5) is 0 Å². The Kier molecular flexibility index (Phi) is 5.19. The molecule has 2 rings (SSSR count). The summed E-state index contributed by atoms with van der Waals surface area (Å²) in [4.78, 5) is 0. The van der Waals surface area contributed by atoms with Gasteiger partial charge in [0.1, 0.15) is 0 Å². The fourth-order valence-corrected chi connectivity index (χ4v) is 2.16. The van der Waals surface area contributed by atoms with Gasteiger partial charge < -0.3 is 9.73 Å². The summed E-state index contributed by atoms with van der Waals surface area (Å²) < 4.78 is 5.59. The number of nitrogens with one attached hydrogen (secondary N) is 1. The molecular formula is C13H15Cl2N3O. The highest BCUT2D eigenvalue weighted by atomic mass is 35.5. The smallest absolute Gasteiger partial charge is 0.249 e. The van der Waals surface area contributed by atoms with Gasteiger partial charge >= 0.3 is 0 Å². The molecule has 0 fully saturated rings. The summed E-state index contributed by atoms with van der Waals surface area (Å²) in [5.41, 5.74) is 0.705. The zero-order chi connectivity index (χ0) is 13.7. The number of hydrogen-bond acceptors (Lipinski definition) is 4. The highest BCUT2D eigenvalue weighted by molar-refractivity contribution is 6.36. The number of halogens is 2. The van der Waals surface area contributed by atoms with Gasteiger partial charge in [0.05, 0.1) is 10.6 Å². The van der Waals surface area contributed by atoms with Crippen LogP contribution in [0.5, 0.6) is 0 Å². The maximum Gasteiger partial charge on any atom is 0.249 e. The average Bonchev–Trinajstić information content (AvgIpc) is 2.83. The molecule has 0 unspecified atom stereocenters. The number of nitrogens with zero attached hydrogens (tertiary/aromatic N) is 2. The van der Waals surface area contributed by atoms with Crippen LogP contribution in [-0.2, 0) is 6.42 Å². The quantitative estimate of drug-likeness (QED) is 0.828. The summed E-state index contributed by atoms with van der Waals surface area (Å²) in [5.74, 6) is 1.05. The van der Waals surface area contributed by atoms with Crippen LogP contribution in [0.3, 0.4) is 0 Å². The zero-order valence-electron chi connectivity index (χ0n) is 10.6. The van der Waals surface area contributed by atoms with Crippen LogP contribution in [0.1, 0.15) is 19.2 Å². The highest BCUT2D eigenvalue weighted by Gasteiger charge is 2.12. The molecule has 0 saturated carbocycles. The van der Waals surface area contributed by atoms with Gasteiger partial charge in [0.25, 0.3) is 0 Å². The second-order valence-corrected chi connectivity index (χ2v) is 4.93. The molecule has 0 bridgehead atoms. The Hall–Kier alpha value is -1.10. The van der Waals surface area contributed by atoms with Gasteiger partial charge in [-0.05, 0) is 37.7 Å². The third-order valence-corrected chi connectivity index (χ3v) is 3.17. The van der Waals surface area contributed by atoms with E-state index in [2.05, 4.69) is 22.4 Å². The van der Waals surface area contributed by atoms with E-state index in [1.807, 2.05) is 0 Å². The van der Waals surface area contributed by atoms with Crippen molar-refractivity contribution >= 4 is 23.2 Å². The fourth-order valence-electron chi connectivity index (χ4n) is 1.67. The first-order chi connectivity index (χ1) is 9.20. The Morgan fingerprint density at radius 2 is 2.11 bits per heavy atom. The van der Waals surface area contributed by atoms with E-state index in [1.165, 1.54) is 0 Å². The van der Waals surface area contributed by atoms with E-state index < -0.39 is 0 Å². The topological polar surface area (TPSA) is 51.0 Å². The molecule has 1 heterocycles. The van der Waals surface area contributed by atoms with Crippen LogP contribution in [0.15, 0.2) is 22.6 Å². The van der Waals surface area contributed by atoms with E-state index in [4.69, 9.17) is 27.6 Å². The Labute approximate surface area is 122 Å². The highest BCUT2D eigenvalue weighted by Crippen LogP contribution is 2.29. The van der Waals surface area contributed by atoms with Crippen LogP contribution in [-0.4, -0.2) is 23.3 Å². The predicted molar refractivity (Wildman–Crippen MR) is 76.6 cm³/mol. The molecule has 0 spiro atoms. The minimum absolute atomic E-state index is 0.431. The Bertz CT molecular complexity index is 542. The summed E-state index contributed by atoms with van der Waals surface area (Å²) >= 11 is 11.9. The van der Waals surface area contributed by atoms with E-state index in [1.54, 1.807) is 18.2 Å². The molecule has 19 heavy (non-hydrogen) atoms. The van der Waals surface area contributed by atoms with E-state index in [0.717, 1.165) is 25.9 Å². The maximum absolute atomic E-state index is 6.10. The predicted octanol–water partition coefficient (Wildman–Crippen LogP) is 3.59. The van der Waals surface area contributed by atoms with Crippen LogP contribution in [0.2, 0.25) is 10.0 Å². The van der Waals surface area contributed by atoms with Crippen LogP contribution in [0, 0.1) is 0 Å². The lowest BCUT2D eigenvalue weighted by atomic mass is 10.2. The van der Waals surface area contributed by atoms with Crippen molar-refractivity contribution in [2.45, 2.75) is 19.8 Å². The molecule has 102 valence electrons.